The van der Waals surface area contributed by atoms with Crippen molar-refractivity contribution >= 4 is 29.1 Å². The Morgan fingerprint density at radius 2 is 1.82 bits per heavy atom. The second-order valence-electron chi connectivity index (χ2n) is 6.49. The summed E-state index contributed by atoms with van der Waals surface area (Å²) in [5.74, 6) is -0.0749. The number of likely N-dealkylation sites (N-methyl/N-ethyl adjacent to an activating group) is 1. The zero-order valence-corrected chi connectivity index (χ0v) is 15.2. The van der Waals surface area contributed by atoms with E-state index in [2.05, 4.69) is 10.6 Å². The fraction of sp³-hybridized carbons (Fsp3) is 0.250. The number of fused-ring (bicyclic) bond motifs is 2. The normalized spacial score (nSPS) is 20.0. The molecule has 2 atom stereocenters. The number of amides is 3. The predicted octanol–water partition coefficient (Wildman–Crippen LogP) is 1.32. The molecule has 2 aliphatic rings. The molecule has 0 aromatic heterocycles. The topological polar surface area (TPSA) is 97.0 Å². The van der Waals surface area contributed by atoms with Gasteiger partial charge in [0.05, 0.1) is 24.3 Å². The Bertz CT molecular complexity index is 945. The summed E-state index contributed by atoms with van der Waals surface area (Å²) in [4.78, 5) is 38.9. The number of carbonyl (C=O) groups is 3. The average molecular weight is 381 g/mol. The lowest BCUT2D eigenvalue weighted by Gasteiger charge is -2.35. The van der Waals surface area contributed by atoms with E-state index in [0.29, 0.717) is 22.9 Å². The predicted molar refractivity (Wildman–Crippen MR) is 101 cm³/mol. The Hall–Kier alpha value is -3.55. The van der Waals surface area contributed by atoms with Crippen molar-refractivity contribution in [3.63, 3.8) is 0 Å². The molecule has 0 saturated carbocycles. The number of nitrogens with zero attached hydrogens (tertiary/aromatic N) is 1. The second-order valence-corrected chi connectivity index (χ2v) is 6.49. The molecule has 2 aliphatic heterocycles. The van der Waals surface area contributed by atoms with Crippen LogP contribution in [0.3, 0.4) is 0 Å². The number of para-hydroxylation sites is 4. The van der Waals surface area contributed by atoms with Crippen LogP contribution in [0.4, 0.5) is 11.4 Å². The monoisotopic (exact) mass is 381 g/mol. The van der Waals surface area contributed by atoms with Gasteiger partial charge in [-0.1, -0.05) is 24.3 Å². The number of rotatable bonds is 3. The molecule has 4 rings (SSSR count). The van der Waals surface area contributed by atoms with E-state index in [1.807, 2.05) is 0 Å². The fourth-order valence-electron chi connectivity index (χ4n) is 3.26. The lowest BCUT2D eigenvalue weighted by Crippen LogP contribution is -2.51. The van der Waals surface area contributed by atoms with E-state index < -0.39 is 12.2 Å². The Balaban J connectivity index is 1.55. The standard InChI is InChI=1S/C20H19N3O5/c1-21-19(25)17-11-23(13-7-3-5-9-15(13)28-17)18(24)10-16-20(26)22-12-6-2-4-8-14(12)27-16/h2-9,16-17H,10-11H2,1H3,(H,21,25)(H,22,26)/t16-,17+/m0/s1. The third kappa shape index (κ3) is 3.24. The van der Waals surface area contributed by atoms with Crippen molar-refractivity contribution in [2.24, 2.45) is 0 Å². The number of benzene rings is 2. The van der Waals surface area contributed by atoms with Gasteiger partial charge in [-0.3, -0.25) is 14.4 Å². The van der Waals surface area contributed by atoms with Crippen LogP contribution in [-0.4, -0.2) is 43.5 Å². The van der Waals surface area contributed by atoms with Crippen molar-refractivity contribution in [2.75, 3.05) is 23.8 Å². The van der Waals surface area contributed by atoms with Crippen molar-refractivity contribution in [3.05, 3.63) is 48.5 Å². The number of anilines is 2. The molecule has 28 heavy (non-hydrogen) atoms. The number of hydrogen-bond donors (Lipinski definition) is 2. The van der Waals surface area contributed by atoms with Gasteiger partial charge in [0, 0.05) is 7.05 Å². The molecule has 0 spiro atoms. The van der Waals surface area contributed by atoms with Crippen LogP contribution in [0.15, 0.2) is 48.5 Å². The summed E-state index contributed by atoms with van der Waals surface area (Å²) in [6, 6.07) is 14.0. The van der Waals surface area contributed by atoms with Crippen molar-refractivity contribution < 1.29 is 23.9 Å². The summed E-state index contributed by atoms with van der Waals surface area (Å²) in [5.41, 5.74) is 1.14. The lowest BCUT2D eigenvalue weighted by atomic mass is 10.1. The zero-order valence-electron chi connectivity index (χ0n) is 15.2. The smallest absolute Gasteiger partial charge is 0.266 e. The maximum atomic E-state index is 13.0. The van der Waals surface area contributed by atoms with E-state index in [-0.39, 0.29) is 30.7 Å². The maximum absolute atomic E-state index is 13.0. The third-order valence-corrected chi connectivity index (χ3v) is 4.68. The molecule has 2 aromatic carbocycles. The minimum absolute atomic E-state index is 0.0560. The van der Waals surface area contributed by atoms with Gasteiger partial charge in [-0.2, -0.15) is 0 Å². The molecule has 8 nitrogen and oxygen atoms in total. The van der Waals surface area contributed by atoms with Gasteiger partial charge in [0.2, 0.25) is 5.91 Å². The first-order valence-corrected chi connectivity index (χ1v) is 8.91. The van der Waals surface area contributed by atoms with Gasteiger partial charge in [-0.25, -0.2) is 0 Å². The van der Waals surface area contributed by atoms with Crippen molar-refractivity contribution in [2.45, 2.75) is 18.6 Å². The third-order valence-electron chi connectivity index (χ3n) is 4.68. The first-order chi connectivity index (χ1) is 13.6. The van der Waals surface area contributed by atoms with E-state index in [0.717, 1.165) is 0 Å². The summed E-state index contributed by atoms with van der Waals surface area (Å²) in [6.07, 6.45) is -1.93. The molecule has 0 fully saturated rings. The van der Waals surface area contributed by atoms with Crippen LogP contribution in [0.1, 0.15) is 6.42 Å². The summed E-state index contributed by atoms with van der Waals surface area (Å²) < 4.78 is 11.4. The number of ether oxygens (including phenoxy) is 2. The van der Waals surface area contributed by atoms with E-state index in [1.54, 1.807) is 48.5 Å². The van der Waals surface area contributed by atoms with Crippen LogP contribution in [0.5, 0.6) is 11.5 Å². The highest BCUT2D eigenvalue weighted by atomic mass is 16.5. The number of carbonyl (C=O) groups excluding carboxylic acids is 3. The molecule has 0 saturated heterocycles. The highest BCUT2D eigenvalue weighted by Gasteiger charge is 2.36. The highest BCUT2D eigenvalue weighted by Crippen LogP contribution is 2.35. The van der Waals surface area contributed by atoms with Gasteiger partial charge in [0.1, 0.15) is 11.5 Å². The van der Waals surface area contributed by atoms with Crippen molar-refractivity contribution in [1.82, 2.24) is 5.32 Å². The van der Waals surface area contributed by atoms with E-state index in [9.17, 15) is 14.4 Å². The summed E-state index contributed by atoms with van der Waals surface area (Å²) >= 11 is 0. The van der Waals surface area contributed by atoms with Crippen molar-refractivity contribution in [1.29, 1.82) is 0 Å². The largest absolute Gasteiger partial charge is 0.478 e. The van der Waals surface area contributed by atoms with Crippen molar-refractivity contribution in [3.8, 4) is 11.5 Å². The van der Waals surface area contributed by atoms with E-state index >= 15 is 0 Å². The zero-order chi connectivity index (χ0) is 19.7. The first kappa shape index (κ1) is 17.8. The van der Waals surface area contributed by atoms with Gasteiger partial charge in [-0.15, -0.1) is 0 Å². The molecule has 2 heterocycles. The molecule has 8 heteroatoms. The molecule has 0 radical (unpaired) electrons. The van der Waals surface area contributed by atoms with Crippen LogP contribution < -0.4 is 25.0 Å². The Kier molecular flexibility index (Phi) is 4.60. The molecule has 3 amide bonds. The van der Waals surface area contributed by atoms with Crippen LogP contribution in [0.2, 0.25) is 0 Å². The minimum atomic E-state index is -0.948. The maximum Gasteiger partial charge on any atom is 0.266 e. The summed E-state index contributed by atoms with van der Waals surface area (Å²) in [7, 11) is 1.51. The Morgan fingerprint density at radius 3 is 2.61 bits per heavy atom. The van der Waals surface area contributed by atoms with Crippen LogP contribution in [-0.2, 0) is 14.4 Å². The fourth-order valence-corrected chi connectivity index (χ4v) is 3.26. The van der Waals surface area contributed by atoms with E-state index in [4.69, 9.17) is 9.47 Å². The molecule has 2 N–H and O–H groups in total. The highest BCUT2D eigenvalue weighted by molar-refractivity contribution is 6.03. The summed E-state index contributed by atoms with van der Waals surface area (Å²) in [5, 5.41) is 5.28. The average Bonchev–Trinajstić information content (AvgIpc) is 2.72. The minimum Gasteiger partial charge on any atom is -0.478 e. The quantitative estimate of drug-likeness (QED) is 0.836. The molecule has 0 unspecified atom stereocenters. The van der Waals surface area contributed by atoms with Gasteiger partial charge in [0.15, 0.2) is 12.2 Å². The first-order valence-electron chi connectivity index (χ1n) is 8.91. The molecule has 2 aromatic rings. The van der Waals surface area contributed by atoms with Gasteiger partial charge < -0.3 is 25.0 Å². The Labute approximate surface area is 161 Å². The molecular weight excluding hydrogens is 362 g/mol. The van der Waals surface area contributed by atoms with Crippen LogP contribution >= 0.6 is 0 Å². The molecule has 0 bridgehead atoms. The van der Waals surface area contributed by atoms with Crippen LogP contribution in [0.25, 0.3) is 0 Å². The van der Waals surface area contributed by atoms with Gasteiger partial charge in [-0.05, 0) is 24.3 Å². The van der Waals surface area contributed by atoms with Gasteiger partial charge >= 0.3 is 0 Å². The SMILES string of the molecule is CNC(=O)[C@H]1CN(C(=O)C[C@@H]2Oc3ccccc3NC2=O)c2ccccc2O1. The lowest BCUT2D eigenvalue weighted by molar-refractivity contribution is -0.130. The Morgan fingerprint density at radius 1 is 1.11 bits per heavy atom. The number of nitrogens with one attached hydrogen (secondary N) is 2. The number of hydrogen-bond acceptors (Lipinski definition) is 5. The molecule has 144 valence electrons. The summed E-state index contributed by atoms with van der Waals surface area (Å²) in [6.45, 7) is 0.0560. The molecule has 0 aliphatic carbocycles. The van der Waals surface area contributed by atoms with Gasteiger partial charge in [0.25, 0.3) is 11.8 Å². The van der Waals surface area contributed by atoms with E-state index in [1.165, 1.54) is 11.9 Å². The second kappa shape index (κ2) is 7.22. The van der Waals surface area contributed by atoms with Crippen LogP contribution in [0, 0.1) is 0 Å². The molecular formula is C20H19N3O5.